The molecule has 0 spiro atoms. The Morgan fingerprint density at radius 2 is 1.20 bits per heavy atom. The maximum atomic E-state index is 12.2. The third-order valence-electron chi connectivity index (χ3n) is 5.61. The van der Waals surface area contributed by atoms with E-state index in [-0.39, 0.29) is 57.2 Å². The molecule has 12 heteroatoms. The first-order valence-electron chi connectivity index (χ1n) is 13.1. The van der Waals surface area contributed by atoms with E-state index in [1.54, 1.807) is 34.6 Å². The molecule has 0 amide bonds. The summed E-state index contributed by atoms with van der Waals surface area (Å²) in [6.07, 6.45) is 1.03. The van der Waals surface area contributed by atoms with Gasteiger partial charge in [-0.1, -0.05) is 20.1 Å². The summed E-state index contributed by atoms with van der Waals surface area (Å²) in [7, 11) is 0. The van der Waals surface area contributed by atoms with Gasteiger partial charge in [0.15, 0.2) is 0 Å². The minimum absolute atomic E-state index is 0.0248. The van der Waals surface area contributed by atoms with Crippen LogP contribution in [-0.2, 0) is 47.6 Å². The van der Waals surface area contributed by atoms with Crippen LogP contribution in [0.3, 0.4) is 0 Å². The summed E-state index contributed by atoms with van der Waals surface area (Å²) in [5.74, 6) is -1.53. The van der Waals surface area contributed by atoms with Crippen LogP contribution in [0.2, 0.25) is 0 Å². The SMILES string of the molecule is C=C(C)C(=O)OCC1CO1.C=C(C)C(=O)OCCO.CCC(C)(CC(C)(C)C(=O)OCC1CO1)C(=O)OCCO. The molecule has 0 aliphatic carbocycles. The lowest BCUT2D eigenvalue weighted by Gasteiger charge is -2.33. The summed E-state index contributed by atoms with van der Waals surface area (Å²) in [6.45, 7) is 18.8. The van der Waals surface area contributed by atoms with Crippen LogP contribution in [0.25, 0.3) is 0 Å². The molecule has 2 aliphatic heterocycles. The van der Waals surface area contributed by atoms with Crippen LogP contribution in [0, 0.1) is 10.8 Å². The molecule has 12 nitrogen and oxygen atoms in total. The van der Waals surface area contributed by atoms with Gasteiger partial charge in [0, 0.05) is 11.1 Å². The highest BCUT2D eigenvalue weighted by Gasteiger charge is 2.43. The lowest BCUT2D eigenvalue weighted by atomic mass is 9.72. The lowest BCUT2D eigenvalue weighted by molar-refractivity contribution is -0.164. The van der Waals surface area contributed by atoms with Crippen LogP contribution >= 0.6 is 0 Å². The largest absolute Gasteiger partial charge is 0.463 e. The quantitative estimate of drug-likeness (QED) is 0.126. The maximum absolute atomic E-state index is 12.2. The van der Waals surface area contributed by atoms with Crippen molar-refractivity contribution in [3.8, 4) is 0 Å². The summed E-state index contributed by atoms with van der Waals surface area (Å²) in [4.78, 5) is 45.4. The Morgan fingerprint density at radius 3 is 1.60 bits per heavy atom. The fourth-order valence-electron chi connectivity index (χ4n) is 2.95. The van der Waals surface area contributed by atoms with Crippen LogP contribution in [0.1, 0.15) is 54.4 Å². The molecule has 2 rings (SSSR count). The third kappa shape index (κ3) is 16.3. The van der Waals surface area contributed by atoms with Gasteiger partial charge in [0.25, 0.3) is 0 Å². The Balaban J connectivity index is 0.000000662. The first kappa shape index (κ1) is 37.2. The van der Waals surface area contributed by atoms with Crippen LogP contribution in [0.15, 0.2) is 24.3 Å². The molecule has 0 aromatic rings. The van der Waals surface area contributed by atoms with E-state index in [0.717, 1.165) is 0 Å². The Hall–Kier alpha value is -2.80. The molecule has 3 unspecified atom stereocenters. The van der Waals surface area contributed by atoms with Crippen molar-refractivity contribution in [3.05, 3.63) is 24.3 Å². The number of carbonyl (C=O) groups excluding carboxylic acids is 4. The summed E-state index contributed by atoms with van der Waals surface area (Å²) in [5.41, 5.74) is -0.796. The zero-order valence-corrected chi connectivity index (χ0v) is 24.6. The minimum atomic E-state index is -0.794. The Bertz CT molecular complexity index is 857. The van der Waals surface area contributed by atoms with Gasteiger partial charge >= 0.3 is 23.9 Å². The molecule has 230 valence electrons. The fourth-order valence-corrected chi connectivity index (χ4v) is 2.95. The van der Waals surface area contributed by atoms with Crippen LogP contribution in [0.4, 0.5) is 0 Å². The molecule has 2 N–H and O–H groups in total. The van der Waals surface area contributed by atoms with Crippen LogP contribution in [0.5, 0.6) is 0 Å². The second kappa shape index (κ2) is 18.5. The van der Waals surface area contributed by atoms with E-state index in [9.17, 15) is 19.2 Å². The zero-order chi connectivity index (χ0) is 30.9. The predicted molar refractivity (Wildman–Crippen MR) is 144 cm³/mol. The average molecular weight is 575 g/mol. The van der Waals surface area contributed by atoms with E-state index in [0.29, 0.717) is 43.8 Å². The smallest absolute Gasteiger partial charge is 0.333 e. The van der Waals surface area contributed by atoms with E-state index in [1.807, 2.05) is 6.92 Å². The lowest BCUT2D eigenvalue weighted by Crippen LogP contribution is -2.39. The Kier molecular flexibility index (Phi) is 17.2. The predicted octanol–water partition coefficient (Wildman–Crippen LogP) is 1.90. The van der Waals surface area contributed by atoms with Gasteiger partial charge < -0.3 is 38.6 Å². The minimum Gasteiger partial charge on any atom is -0.463 e. The molecule has 0 aromatic heterocycles. The second-order valence-electron chi connectivity index (χ2n) is 10.4. The van der Waals surface area contributed by atoms with E-state index in [1.165, 1.54) is 0 Å². The van der Waals surface area contributed by atoms with Crippen molar-refractivity contribution in [2.24, 2.45) is 10.8 Å². The normalized spacial score (nSPS) is 18.2. The number of hydrogen-bond acceptors (Lipinski definition) is 12. The number of carbonyl (C=O) groups is 4. The van der Waals surface area contributed by atoms with Gasteiger partial charge in [0.1, 0.15) is 38.6 Å². The van der Waals surface area contributed by atoms with Gasteiger partial charge in [-0.15, -0.1) is 0 Å². The number of epoxide rings is 2. The molecule has 0 radical (unpaired) electrons. The summed E-state index contributed by atoms with van der Waals surface area (Å²) in [6, 6.07) is 0. The number of aliphatic hydroxyl groups is 2. The second-order valence-corrected chi connectivity index (χ2v) is 10.4. The van der Waals surface area contributed by atoms with E-state index in [4.69, 9.17) is 33.9 Å². The Morgan fingerprint density at radius 1 is 0.775 bits per heavy atom. The van der Waals surface area contributed by atoms with E-state index >= 15 is 0 Å². The van der Waals surface area contributed by atoms with Gasteiger partial charge in [-0.3, -0.25) is 9.59 Å². The molecule has 0 saturated carbocycles. The van der Waals surface area contributed by atoms with Gasteiger partial charge in [-0.2, -0.15) is 0 Å². The molecular formula is C28H46O12. The van der Waals surface area contributed by atoms with Crippen molar-refractivity contribution in [1.82, 2.24) is 0 Å². The van der Waals surface area contributed by atoms with Crippen molar-refractivity contribution in [1.29, 1.82) is 0 Å². The summed E-state index contributed by atoms with van der Waals surface area (Å²) >= 11 is 0. The van der Waals surface area contributed by atoms with E-state index < -0.39 is 22.8 Å². The summed E-state index contributed by atoms with van der Waals surface area (Å²) < 4.78 is 29.3. The highest BCUT2D eigenvalue weighted by atomic mass is 16.6. The first-order valence-corrected chi connectivity index (χ1v) is 13.1. The van der Waals surface area contributed by atoms with Crippen LogP contribution < -0.4 is 0 Å². The van der Waals surface area contributed by atoms with Gasteiger partial charge in [0.2, 0.25) is 0 Å². The molecule has 2 saturated heterocycles. The number of hydrogen-bond donors (Lipinski definition) is 2. The molecule has 40 heavy (non-hydrogen) atoms. The standard InChI is InChI=1S/C15H26O6.C7H10O3.C6H10O3/c1-5-15(4,13(18)19-7-6-16)10-14(2,3)12(17)21-9-11-8-20-11;1-5(2)7(8)10-4-6-3-9-6;1-5(2)6(8)9-4-3-7/h11,16H,5-10H2,1-4H3;6H,1,3-4H2,2H3;7H,1,3-4H2,2H3. The maximum Gasteiger partial charge on any atom is 0.333 e. The summed E-state index contributed by atoms with van der Waals surface area (Å²) in [5, 5.41) is 16.9. The van der Waals surface area contributed by atoms with Crippen molar-refractivity contribution >= 4 is 23.9 Å². The molecule has 2 heterocycles. The fraction of sp³-hybridized carbons (Fsp3) is 0.714. The average Bonchev–Trinajstić information content (AvgIpc) is 3.83. The highest BCUT2D eigenvalue weighted by molar-refractivity contribution is 5.87. The zero-order valence-electron chi connectivity index (χ0n) is 24.6. The molecule has 0 aromatic carbocycles. The van der Waals surface area contributed by atoms with Gasteiger partial charge in [-0.05, 0) is 47.5 Å². The van der Waals surface area contributed by atoms with Gasteiger partial charge in [0.05, 0.1) is 37.3 Å². The molecule has 0 bridgehead atoms. The monoisotopic (exact) mass is 574 g/mol. The molecule has 3 atom stereocenters. The van der Waals surface area contributed by atoms with Crippen molar-refractivity contribution in [3.63, 3.8) is 0 Å². The van der Waals surface area contributed by atoms with Crippen molar-refractivity contribution in [2.45, 2.75) is 66.6 Å². The number of ether oxygens (including phenoxy) is 6. The van der Waals surface area contributed by atoms with E-state index in [2.05, 4.69) is 17.9 Å². The number of aliphatic hydroxyl groups excluding tert-OH is 2. The molecule has 2 fully saturated rings. The van der Waals surface area contributed by atoms with Crippen molar-refractivity contribution < 1.29 is 57.8 Å². The van der Waals surface area contributed by atoms with Crippen molar-refractivity contribution in [2.75, 3.05) is 52.9 Å². The topological polar surface area (TPSA) is 171 Å². The Labute approximate surface area is 236 Å². The third-order valence-corrected chi connectivity index (χ3v) is 5.61. The first-order chi connectivity index (χ1) is 18.6. The molecule has 2 aliphatic rings. The van der Waals surface area contributed by atoms with Crippen LogP contribution in [-0.4, -0.2) is 99.2 Å². The van der Waals surface area contributed by atoms with Gasteiger partial charge in [-0.25, -0.2) is 9.59 Å². The number of esters is 4. The molecular weight excluding hydrogens is 528 g/mol. The number of rotatable bonds is 15. The highest BCUT2D eigenvalue weighted by Crippen LogP contribution is 2.38.